The molecule has 20 heavy (non-hydrogen) atoms. The lowest BCUT2D eigenvalue weighted by Gasteiger charge is -2.24. The molecule has 0 radical (unpaired) electrons. The first-order valence-corrected chi connectivity index (χ1v) is 7.71. The summed E-state index contributed by atoms with van der Waals surface area (Å²) in [6.07, 6.45) is 4.31. The molecule has 106 valence electrons. The normalized spacial score (nSPS) is 17.8. The summed E-state index contributed by atoms with van der Waals surface area (Å²) in [7, 11) is 0. The number of amides is 1. The molecule has 3 heterocycles. The van der Waals surface area contributed by atoms with E-state index < -0.39 is 0 Å². The van der Waals surface area contributed by atoms with E-state index in [1.165, 1.54) is 0 Å². The standard InChI is InChI=1S/C14H18N4OS/c1-9-6-18-7-11(3-4-13(18)15-9)17-14(19)5-12-8-20-10(2)16-12/h6,8,11H,3-5,7H2,1-2H3,(H,17,19). The van der Waals surface area contributed by atoms with E-state index >= 15 is 0 Å². The summed E-state index contributed by atoms with van der Waals surface area (Å²) in [5.41, 5.74) is 1.91. The molecule has 0 saturated heterocycles. The summed E-state index contributed by atoms with van der Waals surface area (Å²) in [6.45, 7) is 4.78. The Labute approximate surface area is 122 Å². The minimum atomic E-state index is 0.0561. The lowest BCUT2D eigenvalue weighted by atomic mass is 10.1. The maximum Gasteiger partial charge on any atom is 0.226 e. The maximum atomic E-state index is 12.0. The number of imidazole rings is 1. The first-order valence-electron chi connectivity index (χ1n) is 6.83. The molecule has 1 N–H and O–H groups in total. The molecule has 6 heteroatoms. The van der Waals surface area contributed by atoms with Gasteiger partial charge in [0, 0.05) is 30.6 Å². The Hall–Kier alpha value is -1.69. The SMILES string of the molecule is Cc1cn2c(n1)CCC(NC(=O)Cc1csc(C)n1)C2. The van der Waals surface area contributed by atoms with Gasteiger partial charge >= 0.3 is 0 Å². The van der Waals surface area contributed by atoms with E-state index in [0.29, 0.717) is 6.42 Å². The molecule has 3 rings (SSSR count). The van der Waals surface area contributed by atoms with Gasteiger partial charge in [0.05, 0.1) is 22.8 Å². The molecule has 1 aliphatic rings. The van der Waals surface area contributed by atoms with Crippen LogP contribution in [0.3, 0.4) is 0 Å². The van der Waals surface area contributed by atoms with Gasteiger partial charge in [0.2, 0.25) is 5.91 Å². The number of rotatable bonds is 3. The highest BCUT2D eigenvalue weighted by Crippen LogP contribution is 2.15. The fourth-order valence-electron chi connectivity index (χ4n) is 2.64. The van der Waals surface area contributed by atoms with Crippen molar-refractivity contribution in [3.63, 3.8) is 0 Å². The van der Waals surface area contributed by atoms with E-state index in [-0.39, 0.29) is 11.9 Å². The summed E-state index contributed by atoms with van der Waals surface area (Å²) in [5.74, 6) is 1.18. The van der Waals surface area contributed by atoms with Crippen LogP contribution in [0.1, 0.15) is 28.6 Å². The Morgan fingerprint density at radius 3 is 3.10 bits per heavy atom. The van der Waals surface area contributed by atoms with Gasteiger partial charge in [0.15, 0.2) is 0 Å². The highest BCUT2D eigenvalue weighted by atomic mass is 32.1. The number of hydrogen-bond donors (Lipinski definition) is 1. The van der Waals surface area contributed by atoms with Crippen LogP contribution in [0.4, 0.5) is 0 Å². The van der Waals surface area contributed by atoms with Crippen molar-refractivity contribution in [3.8, 4) is 0 Å². The second-order valence-corrected chi connectivity index (χ2v) is 6.35. The molecule has 0 aromatic carbocycles. The lowest BCUT2D eigenvalue weighted by molar-refractivity contribution is -0.121. The number of thiazole rings is 1. The van der Waals surface area contributed by atoms with Gasteiger partial charge in [0.25, 0.3) is 0 Å². The summed E-state index contributed by atoms with van der Waals surface area (Å²) >= 11 is 1.58. The van der Waals surface area contributed by atoms with Crippen molar-refractivity contribution in [3.05, 3.63) is 33.8 Å². The molecule has 0 saturated carbocycles. The smallest absolute Gasteiger partial charge is 0.226 e. The summed E-state index contributed by atoms with van der Waals surface area (Å²) in [4.78, 5) is 20.8. The maximum absolute atomic E-state index is 12.0. The van der Waals surface area contributed by atoms with E-state index in [9.17, 15) is 4.79 Å². The predicted octanol–water partition coefficient (Wildman–Crippen LogP) is 1.63. The zero-order valence-corrected chi connectivity index (χ0v) is 12.5. The van der Waals surface area contributed by atoms with Crippen molar-refractivity contribution >= 4 is 17.2 Å². The van der Waals surface area contributed by atoms with Gasteiger partial charge in [-0.3, -0.25) is 4.79 Å². The van der Waals surface area contributed by atoms with Gasteiger partial charge in [-0.05, 0) is 20.3 Å². The highest BCUT2D eigenvalue weighted by Gasteiger charge is 2.21. The number of nitrogens with zero attached hydrogens (tertiary/aromatic N) is 3. The average Bonchev–Trinajstić information content (AvgIpc) is 2.93. The third-order valence-electron chi connectivity index (χ3n) is 3.49. The number of carbonyl (C=O) groups is 1. The molecule has 0 aliphatic carbocycles. The predicted molar refractivity (Wildman–Crippen MR) is 77.8 cm³/mol. The van der Waals surface area contributed by atoms with Crippen LogP contribution >= 0.6 is 11.3 Å². The molecular formula is C14H18N4OS. The lowest BCUT2D eigenvalue weighted by Crippen LogP contribution is -2.41. The first-order chi connectivity index (χ1) is 9.60. The van der Waals surface area contributed by atoms with Crippen LogP contribution in [0.15, 0.2) is 11.6 Å². The van der Waals surface area contributed by atoms with E-state index in [1.807, 2.05) is 19.2 Å². The quantitative estimate of drug-likeness (QED) is 0.934. The fraction of sp³-hybridized carbons (Fsp3) is 0.500. The van der Waals surface area contributed by atoms with Gasteiger partial charge in [-0.15, -0.1) is 11.3 Å². The summed E-state index contributed by atoms with van der Waals surface area (Å²) in [6, 6.07) is 0.198. The molecule has 5 nitrogen and oxygen atoms in total. The Bertz CT molecular complexity index is 631. The summed E-state index contributed by atoms with van der Waals surface area (Å²) < 4.78 is 2.15. The molecule has 1 unspecified atom stereocenters. The minimum Gasteiger partial charge on any atom is -0.351 e. The van der Waals surface area contributed by atoms with E-state index in [4.69, 9.17) is 0 Å². The molecular weight excluding hydrogens is 272 g/mol. The first kappa shape index (κ1) is 13.3. The van der Waals surface area contributed by atoms with Crippen LogP contribution in [0, 0.1) is 13.8 Å². The Morgan fingerprint density at radius 1 is 1.50 bits per heavy atom. The number of carbonyl (C=O) groups excluding carboxylic acids is 1. The van der Waals surface area contributed by atoms with Crippen LogP contribution in [-0.4, -0.2) is 26.5 Å². The largest absolute Gasteiger partial charge is 0.351 e. The molecule has 1 amide bonds. The zero-order chi connectivity index (χ0) is 14.1. The molecule has 2 aromatic rings. The zero-order valence-electron chi connectivity index (χ0n) is 11.7. The molecule has 0 fully saturated rings. The van der Waals surface area contributed by atoms with Crippen LogP contribution in [0.5, 0.6) is 0 Å². The van der Waals surface area contributed by atoms with Crippen molar-refractivity contribution in [1.82, 2.24) is 19.9 Å². The Kier molecular flexibility index (Phi) is 3.56. The molecule has 0 spiro atoms. The Balaban J connectivity index is 1.57. The monoisotopic (exact) mass is 290 g/mol. The highest BCUT2D eigenvalue weighted by molar-refractivity contribution is 7.09. The van der Waals surface area contributed by atoms with Gasteiger partial charge in [-0.25, -0.2) is 9.97 Å². The van der Waals surface area contributed by atoms with Crippen molar-refractivity contribution in [2.45, 2.75) is 45.7 Å². The van der Waals surface area contributed by atoms with Crippen LogP contribution in [0.25, 0.3) is 0 Å². The van der Waals surface area contributed by atoms with E-state index in [1.54, 1.807) is 11.3 Å². The number of fused-ring (bicyclic) bond motifs is 1. The third kappa shape index (κ3) is 2.90. The number of nitrogens with one attached hydrogen (secondary N) is 1. The minimum absolute atomic E-state index is 0.0561. The van der Waals surface area contributed by atoms with Crippen LogP contribution in [-0.2, 0) is 24.2 Å². The van der Waals surface area contributed by atoms with Crippen molar-refractivity contribution in [2.75, 3.05) is 0 Å². The van der Waals surface area contributed by atoms with Gasteiger partial charge in [0.1, 0.15) is 5.82 Å². The van der Waals surface area contributed by atoms with Crippen molar-refractivity contribution in [1.29, 1.82) is 0 Å². The average molecular weight is 290 g/mol. The molecule has 0 bridgehead atoms. The van der Waals surface area contributed by atoms with E-state index in [0.717, 1.165) is 41.6 Å². The Morgan fingerprint density at radius 2 is 2.35 bits per heavy atom. The summed E-state index contributed by atoms with van der Waals surface area (Å²) in [5, 5.41) is 6.06. The number of aromatic nitrogens is 3. The van der Waals surface area contributed by atoms with Crippen LogP contribution in [0.2, 0.25) is 0 Å². The molecule has 2 aromatic heterocycles. The number of hydrogen-bond acceptors (Lipinski definition) is 4. The van der Waals surface area contributed by atoms with Gasteiger partial charge < -0.3 is 9.88 Å². The molecule has 1 aliphatic heterocycles. The van der Waals surface area contributed by atoms with Crippen molar-refractivity contribution < 1.29 is 4.79 Å². The van der Waals surface area contributed by atoms with Crippen molar-refractivity contribution in [2.24, 2.45) is 0 Å². The van der Waals surface area contributed by atoms with E-state index in [2.05, 4.69) is 26.0 Å². The van der Waals surface area contributed by atoms with Gasteiger partial charge in [-0.1, -0.05) is 0 Å². The fourth-order valence-corrected chi connectivity index (χ4v) is 3.25. The molecule has 1 atom stereocenters. The van der Waals surface area contributed by atoms with Crippen LogP contribution < -0.4 is 5.32 Å². The number of aryl methyl sites for hydroxylation is 3. The second-order valence-electron chi connectivity index (χ2n) is 5.29. The van der Waals surface area contributed by atoms with Gasteiger partial charge in [-0.2, -0.15) is 0 Å². The third-order valence-corrected chi connectivity index (χ3v) is 4.31. The second kappa shape index (κ2) is 5.36. The topological polar surface area (TPSA) is 59.8 Å².